The number of anilines is 2. The van der Waals surface area contributed by atoms with Crippen molar-refractivity contribution in [2.75, 3.05) is 23.9 Å². The summed E-state index contributed by atoms with van der Waals surface area (Å²) in [6.45, 7) is 0.976. The van der Waals surface area contributed by atoms with Gasteiger partial charge in [-0.15, -0.1) is 0 Å². The number of rotatable bonds is 5. The summed E-state index contributed by atoms with van der Waals surface area (Å²) in [5.74, 6) is 1.05. The van der Waals surface area contributed by atoms with Crippen LogP contribution in [0.15, 0.2) is 54.6 Å². The van der Waals surface area contributed by atoms with Crippen molar-refractivity contribution in [2.45, 2.75) is 25.7 Å². The molecule has 0 radical (unpaired) electrons. The number of amides is 1. The second-order valence-electron chi connectivity index (χ2n) is 8.01. The fraction of sp³-hybridized carbons (Fsp3) is 0.240. The van der Waals surface area contributed by atoms with Gasteiger partial charge in [-0.3, -0.25) is 4.79 Å². The Labute approximate surface area is 200 Å². The summed E-state index contributed by atoms with van der Waals surface area (Å²) in [5, 5.41) is 12.9. The van der Waals surface area contributed by atoms with Gasteiger partial charge in [0, 0.05) is 21.9 Å². The van der Waals surface area contributed by atoms with Crippen molar-refractivity contribution in [1.82, 2.24) is 0 Å². The van der Waals surface area contributed by atoms with Crippen LogP contribution in [-0.2, 0) is 19.6 Å². The van der Waals surface area contributed by atoms with Crippen LogP contribution in [0.2, 0.25) is 0 Å². The Kier molecular flexibility index (Phi) is 5.69. The third-order valence-corrected chi connectivity index (χ3v) is 6.57. The lowest BCUT2D eigenvalue weighted by Crippen LogP contribution is -2.39. The van der Waals surface area contributed by atoms with E-state index in [9.17, 15) is 9.90 Å². The quantitative estimate of drug-likeness (QED) is 0.469. The van der Waals surface area contributed by atoms with E-state index < -0.39 is 0 Å². The molecule has 0 fully saturated rings. The zero-order chi connectivity index (χ0) is 22.2. The molecule has 0 saturated heterocycles. The van der Waals surface area contributed by atoms with E-state index >= 15 is 0 Å². The lowest BCUT2D eigenvalue weighted by Gasteiger charge is -2.22. The number of halogens is 1. The monoisotopic (exact) mass is 542 g/mol. The first-order valence-electron chi connectivity index (χ1n) is 10.5. The fourth-order valence-corrected chi connectivity index (χ4v) is 5.27. The Hall–Kier alpha value is -2.78. The highest BCUT2D eigenvalue weighted by molar-refractivity contribution is 14.1. The van der Waals surface area contributed by atoms with Crippen LogP contribution in [-0.4, -0.2) is 30.7 Å². The molecule has 3 aromatic rings. The minimum atomic E-state index is -0.0324. The van der Waals surface area contributed by atoms with Crippen LogP contribution in [0.1, 0.15) is 27.0 Å². The molecule has 3 aromatic carbocycles. The summed E-state index contributed by atoms with van der Waals surface area (Å²) >= 11 is 2.23. The first kappa shape index (κ1) is 21.1. The standard InChI is InChI=1S/C25H23IN2O4/c1-31-23-10-20-21(11-24(23)32-14-16-6-15(13-29)7-18(26)8-16)27-12-19-9-17-4-2-3-5-22(17)28(19)25(20)30/h2-8,10-11,19,27,29H,9,12-14H2,1H3/t19-/m0/s1. The van der Waals surface area contributed by atoms with Gasteiger partial charge in [-0.1, -0.05) is 24.3 Å². The van der Waals surface area contributed by atoms with Gasteiger partial charge in [0.25, 0.3) is 5.91 Å². The van der Waals surface area contributed by atoms with Gasteiger partial charge in [-0.2, -0.15) is 0 Å². The van der Waals surface area contributed by atoms with Crippen molar-refractivity contribution in [3.05, 3.63) is 80.4 Å². The van der Waals surface area contributed by atoms with Gasteiger partial charge in [0.15, 0.2) is 11.5 Å². The first-order chi connectivity index (χ1) is 15.6. The highest BCUT2D eigenvalue weighted by Crippen LogP contribution is 2.40. The zero-order valence-corrected chi connectivity index (χ0v) is 19.8. The molecule has 1 amide bonds. The molecular weight excluding hydrogens is 519 g/mol. The average Bonchev–Trinajstić information content (AvgIpc) is 3.12. The molecule has 1 atom stereocenters. The van der Waals surface area contributed by atoms with E-state index in [4.69, 9.17) is 9.47 Å². The number of methoxy groups -OCH3 is 1. The molecule has 5 rings (SSSR count). The Balaban J connectivity index is 1.45. The maximum Gasteiger partial charge on any atom is 0.260 e. The van der Waals surface area contributed by atoms with Crippen LogP contribution in [0.25, 0.3) is 0 Å². The number of hydrogen-bond donors (Lipinski definition) is 2. The summed E-state index contributed by atoms with van der Waals surface area (Å²) in [4.78, 5) is 15.4. The minimum Gasteiger partial charge on any atom is -0.493 e. The Morgan fingerprint density at radius 3 is 2.75 bits per heavy atom. The molecule has 32 heavy (non-hydrogen) atoms. The first-order valence-corrected chi connectivity index (χ1v) is 11.5. The minimum absolute atomic E-state index is 0.0150. The number of nitrogens with zero attached hydrogens (tertiary/aromatic N) is 1. The maximum atomic E-state index is 13.5. The summed E-state index contributed by atoms with van der Waals surface area (Å²) in [6.07, 6.45) is 0.837. The van der Waals surface area contributed by atoms with Crippen molar-refractivity contribution in [2.24, 2.45) is 0 Å². The van der Waals surface area contributed by atoms with Gasteiger partial charge in [0.1, 0.15) is 6.61 Å². The molecule has 0 unspecified atom stereocenters. The van der Waals surface area contributed by atoms with E-state index in [0.29, 0.717) is 30.2 Å². The Bertz CT molecular complexity index is 1200. The molecule has 7 heteroatoms. The second-order valence-corrected chi connectivity index (χ2v) is 9.25. The van der Waals surface area contributed by atoms with Gasteiger partial charge >= 0.3 is 0 Å². The van der Waals surface area contributed by atoms with Crippen molar-refractivity contribution < 1.29 is 19.4 Å². The number of fused-ring (bicyclic) bond motifs is 4. The van der Waals surface area contributed by atoms with Crippen LogP contribution in [0.3, 0.4) is 0 Å². The summed E-state index contributed by atoms with van der Waals surface area (Å²) in [5.41, 5.74) is 5.30. The zero-order valence-electron chi connectivity index (χ0n) is 17.6. The Morgan fingerprint density at radius 2 is 1.94 bits per heavy atom. The van der Waals surface area contributed by atoms with Gasteiger partial charge < -0.3 is 24.8 Å². The van der Waals surface area contributed by atoms with Crippen molar-refractivity contribution in [1.29, 1.82) is 0 Å². The van der Waals surface area contributed by atoms with Gasteiger partial charge in [-0.25, -0.2) is 0 Å². The average molecular weight is 542 g/mol. The van der Waals surface area contributed by atoms with E-state index in [1.807, 2.05) is 47.4 Å². The fourth-order valence-electron chi connectivity index (χ4n) is 4.47. The molecule has 164 valence electrons. The summed E-state index contributed by atoms with van der Waals surface area (Å²) < 4.78 is 12.7. The normalized spacial score (nSPS) is 16.5. The highest BCUT2D eigenvalue weighted by atomic mass is 127. The number of aliphatic hydroxyl groups is 1. The molecule has 0 aliphatic carbocycles. The molecular formula is C25H23IN2O4. The smallest absolute Gasteiger partial charge is 0.260 e. The number of aliphatic hydroxyl groups excluding tert-OH is 1. The third-order valence-electron chi connectivity index (χ3n) is 5.95. The van der Waals surface area contributed by atoms with Crippen molar-refractivity contribution >= 4 is 39.9 Å². The van der Waals surface area contributed by atoms with Gasteiger partial charge in [0.2, 0.25) is 0 Å². The van der Waals surface area contributed by atoms with E-state index in [2.05, 4.69) is 34.0 Å². The second kappa shape index (κ2) is 8.63. The van der Waals surface area contributed by atoms with E-state index in [1.54, 1.807) is 13.2 Å². The van der Waals surface area contributed by atoms with E-state index in [1.165, 1.54) is 5.56 Å². The number of carbonyl (C=O) groups is 1. The Morgan fingerprint density at radius 1 is 1.12 bits per heavy atom. The van der Waals surface area contributed by atoms with Crippen LogP contribution >= 0.6 is 22.6 Å². The summed E-state index contributed by atoms with van der Waals surface area (Å²) in [6, 6.07) is 17.6. The lowest BCUT2D eigenvalue weighted by molar-refractivity contribution is 0.0983. The molecule has 6 nitrogen and oxygen atoms in total. The number of ether oxygens (including phenoxy) is 2. The number of nitrogens with one attached hydrogen (secondary N) is 1. The van der Waals surface area contributed by atoms with E-state index in [0.717, 1.165) is 32.5 Å². The van der Waals surface area contributed by atoms with E-state index in [-0.39, 0.29) is 18.6 Å². The third kappa shape index (κ3) is 3.80. The number of para-hydroxylation sites is 1. The SMILES string of the molecule is COc1cc2c(cc1OCc1cc(I)cc(CO)c1)NC[C@@H]1Cc3ccccc3N1C2=O. The lowest BCUT2D eigenvalue weighted by atomic mass is 10.1. The number of hydrogen-bond acceptors (Lipinski definition) is 5. The molecule has 2 heterocycles. The number of benzene rings is 3. The van der Waals surface area contributed by atoms with Gasteiger partial charge in [0.05, 0.1) is 31.0 Å². The van der Waals surface area contributed by atoms with Gasteiger partial charge in [-0.05, 0) is 70.0 Å². The molecule has 0 bridgehead atoms. The molecule has 0 saturated carbocycles. The molecule has 0 spiro atoms. The summed E-state index contributed by atoms with van der Waals surface area (Å²) in [7, 11) is 1.58. The van der Waals surface area contributed by atoms with Crippen LogP contribution in [0.5, 0.6) is 11.5 Å². The van der Waals surface area contributed by atoms with Crippen molar-refractivity contribution in [3.63, 3.8) is 0 Å². The van der Waals surface area contributed by atoms with Crippen LogP contribution in [0, 0.1) is 3.57 Å². The topological polar surface area (TPSA) is 71.0 Å². The van der Waals surface area contributed by atoms with Crippen molar-refractivity contribution in [3.8, 4) is 11.5 Å². The van der Waals surface area contributed by atoms with Crippen LogP contribution in [0.4, 0.5) is 11.4 Å². The predicted molar refractivity (Wildman–Crippen MR) is 132 cm³/mol. The molecule has 2 aliphatic heterocycles. The molecule has 0 aromatic heterocycles. The maximum absolute atomic E-state index is 13.5. The predicted octanol–water partition coefficient (Wildman–Crippen LogP) is 4.37. The largest absolute Gasteiger partial charge is 0.493 e. The molecule has 2 aliphatic rings. The number of carbonyl (C=O) groups excluding carboxylic acids is 1. The van der Waals surface area contributed by atoms with Crippen LogP contribution < -0.4 is 19.7 Å². The highest BCUT2D eigenvalue weighted by Gasteiger charge is 2.37. The molecule has 2 N–H and O–H groups in total.